The van der Waals surface area contributed by atoms with Crippen molar-refractivity contribution in [1.82, 2.24) is 4.98 Å². The fraction of sp³-hybridized carbons (Fsp3) is 0.250. The van der Waals surface area contributed by atoms with Crippen LogP contribution in [0.2, 0.25) is 0 Å². The number of hydrogen-bond donors (Lipinski definition) is 2. The second-order valence-corrected chi connectivity index (χ2v) is 2.77. The van der Waals surface area contributed by atoms with Gasteiger partial charge in [0.25, 0.3) is 0 Å². The Kier molecular flexibility index (Phi) is 2.69. The molecule has 1 aromatic heterocycles. The van der Waals surface area contributed by atoms with Gasteiger partial charge in [-0.3, -0.25) is 4.98 Å². The van der Waals surface area contributed by atoms with Gasteiger partial charge in [-0.15, -0.1) is 0 Å². The molecule has 5 heteroatoms. The van der Waals surface area contributed by atoms with Crippen LogP contribution in [0.25, 0.3) is 0 Å². The van der Waals surface area contributed by atoms with Crippen LogP contribution in [0.15, 0.2) is 23.6 Å². The van der Waals surface area contributed by atoms with Crippen LogP contribution < -0.4 is 10.6 Å². The highest BCUT2D eigenvalue weighted by Crippen LogP contribution is 2.15. The molecule has 0 spiro atoms. The maximum absolute atomic E-state index is 8.51. The topological polar surface area (TPSA) is 74.7 Å². The van der Waals surface area contributed by atoms with Crippen molar-refractivity contribution in [1.29, 1.82) is 0 Å². The van der Waals surface area contributed by atoms with E-state index in [-0.39, 0.29) is 5.84 Å². The van der Waals surface area contributed by atoms with E-state index in [1.807, 2.05) is 19.0 Å². The van der Waals surface area contributed by atoms with Gasteiger partial charge in [0.15, 0.2) is 5.84 Å². The Morgan fingerprint density at radius 2 is 2.31 bits per heavy atom. The molecule has 0 bridgehead atoms. The van der Waals surface area contributed by atoms with Gasteiger partial charge in [-0.1, -0.05) is 5.16 Å². The van der Waals surface area contributed by atoms with E-state index in [0.29, 0.717) is 5.56 Å². The zero-order valence-electron chi connectivity index (χ0n) is 7.60. The average Bonchev–Trinajstić information content (AvgIpc) is 2.16. The molecule has 0 unspecified atom stereocenters. The Hall–Kier alpha value is -1.78. The number of pyridine rings is 1. The number of aromatic nitrogens is 1. The summed E-state index contributed by atoms with van der Waals surface area (Å²) in [6, 6.07) is 1.80. The number of nitrogens with zero attached hydrogens (tertiary/aromatic N) is 3. The monoisotopic (exact) mass is 180 g/mol. The van der Waals surface area contributed by atoms with Crippen LogP contribution in [0.4, 0.5) is 5.69 Å². The zero-order valence-corrected chi connectivity index (χ0v) is 7.60. The molecule has 0 radical (unpaired) electrons. The first-order valence-electron chi connectivity index (χ1n) is 3.76. The largest absolute Gasteiger partial charge is 0.409 e. The predicted octanol–water partition coefficient (Wildman–Crippen LogP) is 0.242. The number of nitrogens with two attached hydrogens (primary N) is 1. The maximum Gasteiger partial charge on any atom is 0.173 e. The first-order chi connectivity index (χ1) is 6.16. The summed E-state index contributed by atoms with van der Waals surface area (Å²) in [5.74, 6) is 0.0665. The van der Waals surface area contributed by atoms with Crippen molar-refractivity contribution in [2.75, 3.05) is 19.0 Å². The lowest BCUT2D eigenvalue weighted by Gasteiger charge is -2.15. The van der Waals surface area contributed by atoms with Crippen molar-refractivity contribution in [3.63, 3.8) is 0 Å². The highest BCUT2D eigenvalue weighted by Gasteiger charge is 2.07. The standard InChI is InChI=1S/C8H12N4O/c1-12(2)7-3-4-10-5-6(7)8(9)11-13/h3-5,13H,1-2H3,(H2,9,11). The van der Waals surface area contributed by atoms with E-state index < -0.39 is 0 Å². The summed E-state index contributed by atoms with van der Waals surface area (Å²) in [5, 5.41) is 11.4. The summed E-state index contributed by atoms with van der Waals surface area (Å²) < 4.78 is 0. The fourth-order valence-electron chi connectivity index (χ4n) is 1.03. The lowest BCUT2D eigenvalue weighted by Crippen LogP contribution is -2.19. The van der Waals surface area contributed by atoms with Crippen LogP contribution in [-0.4, -0.2) is 30.1 Å². The Labute approximate surface area is 76.5 Å². The van der Waals surface area contributed by atoms with Gasteiger partial charge in [0.1, 0.15) is 0 Å². The van der Waals surface area contributed by atoms with Crippen molar-refractivity contribution in [2.24, 2.45) is 10.9 Å². The Balaban J connectivity index is 3.20. The molecule has 3 N–H and O–H groups in total. The summed E-state index contributed by atoms with van der Waals surface area (Å²) >= 11 is 0. The van der Waals surface area contributed by atoms with Gasteiger partial charge in [-0.25, -0.2) is 0 Å². The van der Waals surface area contributed by atoms with Gasteiger partial charge in [0.05, 0.1) is 11.3 Å². The minimum atomic E-state index is 0.0665. The molecule has 0 aliphatic rings. The number of hydrogen-bond acceptors (Lipinski definition) is 4. The molecular weight excluding hydrogens is 168 g/mol. The van der Waals surface area contributed by atoms with E-state index in [1.165, 1.54) is 0 Å². The zero-order chi connectivity index (χ0) is 9.84. The van der Waals surface area contributed by atoms with Crippen molar-refractivity contribution in [2.45, 2.75) is 0 Å². The number of rotatable bonds is 2. The lowest BCUT2D eigenvalue weighted by molar-refractivity contribution is 0.318. The molecule has 0 aliphatic carbocycles. The number of amidine groups is 1. The van der Waals surface area contributed by atoms with Crippen LogP contribution in [0, 0.1) is 0 Å². The van der Waals surface area contributed by atoms with Crippen LogP contribution >= 0.6 is 0 Å². The molecule has 1 rings (SSSR count). The maximum atomic E-state index is 8.51. The first-order valence-corrected chi connectivity index (χ1v) is 3.76. The van der Waals surface area contributed by atoms with Gasteiger partial charge >= 0.3 is 0 Å². The van der Waals surface area contributed by atoms with Crippen LogP contribution in [0.1, 0.15) is 5.56 Å². The Morgan fingerprint density at radius 3 is 2.85 bits per heavy atom. The quantitative estimate of drug-likeness (QED) is 0.296. The molecule has 1 heterocycles. The third-order valence-electron chi connectivity index (χ3n) is 1.66. The van der Waals surface area contributed by atoms with E-state index in [1.54, 1.807) is 18.5 Å². The summed E-state index contributed by atoms with van der Waals surface area (Å²) in [6.07, 6.45) is 3.22. The second kappa shape index (κ2) is 3.75. The fourth-order valence-corrected chi connectivity index (χ4v) is 1.03. The van der Waals surface area contributed by atoms with Crippen LogP contribution in [0.5, 0.6) is 0 Å². The number of anilines is 1. The van der Waals surface area contributed by atoms with E-state index in [2.05, 4.69) is 10.1 Å². The van der Waals surface area contributed by atoms with Gasteiger partial charge in [-0.05, 0) is 6.07 Å². The highest BCUT2D eigenvalue weighted by atomic mass is 16.4. The summed E-state index contributed by atoms with van der Waals surface area (Å²) in [7, 11) is 3.76. The molecule has 0 atom stereocenters. The summed E-state index contributed by atoms with van der Waals surface area (Å²) in [4.78, 5) is 5.77. The highest BCUT2D eigenvalue weighted by molar-refractivity contribution is 6.01. The predicted molar refractivity (Wildman–Crippen MR) is 51.1 cm³/mol. The van der Waals surface area contributed by atoms with Gasteiger partial charge < -0.3 is 15.8 Å². The van der Waals surface area contributed by atoms with E-state index in [0.717, 1.165) is 5.69 Å². The minimum absolute atomic E-state index is 0.0665. The molecule has 1 aromatic rings. The minimum Gasteiger partial charge on any atom is -0.409 e. The second-order valence-electron chi connectivity index (χ2n) is 2.77. The van der Waals surface area contributed by atoms with Crippen molar-refractivity contribution in [3.05, 3.63) is 24.0 Å². The molecule has 0 aliphatic heterocycles. The molecule has 0 saturated heterocycles. The third-order valence-corrected chi connectivity index (χ3v) is 1.66. The molecular formula is C8H12N4O. The Morgan fingerprint density at radius 1 is 1.62 bits per heavy atom. The van der Waals surface area contributed by atoms with Gasteiger partial charge in [0, 0.05) is 26.5 Å². The van der Waals surface area contributed by atoms with E-state index in [9.17, 15) is 0 Å². The average molecular weight is 180 g/mol. The van der Waals surface area contributed by atoms with Crippen molar-refractivity contribution < 1.29 is 5.21 Å². The van der Waals surface area contributed by atoms with Crippen molar-refractivity contribution >= 4 is 11.5 Å². The third kappa shape index (κ3) is 1.87. The van der Waals surface area contributed by atoms with Crippen LogP contribution in [-0.2, 0) is 0 Å². The molecule has 5 nitrogen and oxygen atoms in total. The Bertz CT molecular complexity index is 322. The molecule has 0 fully saturated rings. The van der Waals surface area contributed by atoms with Crippen molar-refractivity contribution in [3.8, 4) is 0 Å². The molecule has 13 heavy (non-hydrogen) atoms. The number of oxime groups is 1. The molecule has 70 valence electrons. The molecule has 0 amide bonds. The smallest absolute Gasteiger partial charge is 0.173 e. The van der Waals surface area contributed by atoms with E-state index in [4.69, 9.17) is 10.9 Å². The van der Waals surface area contributed by atoms with E-state index >= 15 is 0 Å². The normalized spacial score (nSPS) is 11.4. The van der Waals surface area contributed by atoms with Crippen LogP contribution in [0.3, 0.4) is 0 Å². The lowest BCUT2D eigenvalue weighted by atomic mass is 10.2. The first kappa shape index (κ1) is 9.31. The summed E-state index contributed by atoms with van der Waals surface area (Å²) in [6.45, 7) is 0. The van der Waals surface area contributed by atoms with Gasteiger partial charge in [-0.2, -0.15) is 0 Å². The molecule has 0 saturated carbocycles. The van der Waals surface area contributed by atoms with Gasteiger partial charge in [0.2, 0.25) is 0 Å². The summed E-state index contributed by atoms with van der Waals surface area (Å²) in [5.41, 5.74) is 6.95. The molecule has 0 aromatic carbocycles. The SMILES string of the molecule is CN(C)c1ccncc1/C(N)=N\O.